The van der Waals surface area contributed by atoms with Crippen molar-refractivity contribution in [3.8, 4) is 0 Å². The summed E-state index contributed by atoms with van der Waals surface area (Å²) in [4.78, 5) is 14.7. The van der Waals surface area contributed by atoms with Gasteiger partial charge in [0.2, 0.25) is 0 Å². The van der Waals surface area contributed by atoms with Crippen molar-refractivity contribution in [3.63, 3.8) is 0 Å². The molecule has 1 fully saturated rings. The van der Waals surface area contributed by atoms with Crippen molar-refractivity contribution in [2.24, 2.45) is 0 Å². The molecule has 2 unspecified atom stereocenters. The Labute approximate surface area is 132 Å². The topological polar surface area (TPSA) is 41.6 Å². The number of nitrogens with one attached hydrogen (secondary N) is 1. The van der Waals surface area contributed by atoms with Gasteiger partial charge in [0.15, 0.2) is 0 Å². The lowest BCUT2D eigenvalue weighted by atomic mass is 10.0. The molecule has 1 aliphatic carbocycles. The van der Waals surface area contributed by atoms with Gasteiger partial charge in [-0.2, -0.15) is 0 Å². The van der Waals surface area contributed by atoms with Crippen LogP contribution in [0.25, 0.3) is 0 Å². The second-order valence-corrected chi connectivity index (χ2v) is 6.07. The fourth-order valence-corrected chi connectivity index (χ4v) is 3.07. The maximum Gasteiger partial charge on any atom is 0.250 e. The van der Waals surface area contributed by atoms with E-state index in [9.17, 15) is 4.79 Å². The number of benzene rings is 1. The molecule has 0 spiro atoms. The van der Waals surface area contributed by atoms with Crippen molar-refractivity contribution in [2.75, 3.05) is 19.7 Å². The molecule has 1 heterocycles. The Hall–Kier alpha value is -1.65. The predicted octanol–water partition coefficient (Wildman–Crippen LogP) is 2.11. The van der Waals surface area contributed by atoms with Gasteiger partial charge in [-0.15, -0.1) is 0 Å². The molecule has 1 aromatic rings. The Bertz CT molecular complexity index is 515. The third-order valence-electron chi connectivity index (χ3n) is 4.31. The average Bonchev–Trinajstić information content (AvgIpc) is 2.57. The van der Waals surface area contributed by atoms with Gasteiger partial charge in [-0.3, -0.25) is 9.69 Å². The van der Waals surface area contributed by atoms with Crippen LogP contribution in [0.4, 0.5) is 0 Å². The highest BCUT2D eigenvalue weighted by atomic mass is 16.5. The minimum Gasteiger partial charge on any atom is -0.366 e. The van der Waals surface area contributed by atoms with Crippen LogP contribution in [0.3, 0.4) is 0 Å². The highest BCUT2D eigenvalue weighted by molar-refractivity contribution is 5.81. The van der Waals surface area contributed by atoms with Crippen molar-refractivity contribution >= 4 is 5.91 Å². The molecule has 1 amide bonds. The maximum absolute atomic E-state index is 12.4. The molecule has 0 bridgehead atoms. The van der Waals surface area contributed by atoms with E-state index < -0.39 is 0 Å². The number of hydrogen-bond donors (Lipinski definition) is 1. The van der Waals surface area contributed by atoms with Crippen molar-refractivity contribution in [2.45, 2.75) is 38.0 Å². The van der Waals surface area contributed by atoms with Gasteiger partial charge in [0, 0.05) is 25.7 Å². The van der Waals surface area contributed by atoms with Crippen molar-refractivity contribution in [3.05, 3.63) is 48.0 Å². The summed E-state index contributed by atoms with van der Waals surface area (Å²) >= 11 is 0. The SMILES string of the molecule is O=C(NC1CC=CCC1)C1CN(Cc2ccccc2)CCO1. The molecule has 1 saturated heterocycles. The number of carbonyl (C=O) groups is 1. The zero-order valence-corrected chi connectivity index (χ0v) is 12.9. The van der Waals surface area contributed by atoms with E-state index in [-0.39, 0.29) is 18.1 Å². The molecule has 0 saturated carbocycles. The monoisotopic (exact) mass is 300 g/mol. The van der Waals surface area contributed by atoms with Crippen LogP contribution in [0.1, 0.15) is 24.8 Å². The molecule has 118 valence electrons. The first-order chi connectivity index (χ1) is 10.8. The standard InChI is InChI=1S/C18H24N2O2/c21-18(19-16-9-5-2-6-10-16)17-14-20(11-12-22-17)13-15-7-3-1-4-8-15/h1-5,7-8,16-17H,6,9-14H2,(H,19,21). The Morgan fingerprint density at radius 3 is 2.91 bits per heavy atom. The number of allylic oxidation sites excluding steroid dienone is 1. The van der Waals surface area contributed by atoms with Crippen LogP contribution in [-0.4, -0.2) is 42.6 Å². The van der Waals surface area contributed by atoms with Crippen molar-refractivity contribution < 1.29 is 9.53 Å². The van der Waals surface area contributed by atoms with Crippen LogP contribution in [-0.2, 0) is 16.1 Å². The van der Waals surface area contributed by atoms with Crippen molar-refractivity contribution in [1.29, 1.82) is 0 Å². The maximum atomic E-state index is 12.4. The summed E-state index contributed by atoms with van der Waals surface area (Å²) in [6.45, 7) is 3.05. The predicted molar refractivity (Wildman–Crippen MR) is 86.4 cm³/mol. The van der Waals surface area contributed by atoms with Crippen LogP contribution < -0.4 is 5.32 Å². The molecule has 0 aromatic heterocycles. The Morgan fingerprint density at radius 2 is 2.14 bits per heavy atom. The van der Waals surface area contributed by atoms with Gasteiger partial charge in [-0.05, 0) is 24.8 Å². The third kappa shape index (κ3) is 4.18. The second kappa shape index (κ2) is 7.56. The molecule has 22 heavy (non-hydrogen) atoms. The summed E-state index contributed by atoms with van der Waals surface area (Å²) < 4.78 is 5.68. The number of nitrogens with zero attached hydrogens (tertiary/aromatic N) is 1. The van der Waals surface area contributed by atoms with Gasteiger partial charge in [0.05, 0.1) is 6.61 Å². The number of amides is 1. The van der Waals surface area contributed by atoms with Crippen LogP contribution in [0.15, 0.2) is 42.5 Å². The van der Waals surface area contributed by atoms with Crippen molar-refractivity contribution in [1.82, 2.24) is 10.2 Å². The summed E-state index contributed by atoms with van der Waals surface area (Å²) in [6, 6.07) is 10.6. The zero-order chi connectivity index (χ0) is 15.2. The van der Waals surface area contributed by atoms with E-state index in [4.69, 9.17) is 4.74 Å². The van der Waals surface area contributed by atoms with Crippen LogP contribution in [0, 0.1) is 0 Å². The molecule has 4 nitrogen and oxygen atoms in total. The van der Waals surface area contributed by atoms with E-state index in [1.54, 1.807) is 0 Å². The zero-order valence-electron chi connectivity index (χ0n) is 12.9. The van der Waals surface area contributed by atoms with Gasteiger partial charge in [-0.25, -0.2) is 0 Å². The van der Waals surface area contributed by atoms with Gasteiger partial charge in [0.25, 0.3) is 5.91 Å². The number of carbonyl (C=O) groups excluding carboxylic acids is 1. The largest absolute Gasteiger partial charge is 0.366 e. The lowest BCUT2D eigenvalue weighted by Gasteiger charge is -2.33. The minimum absolute atomic E-state index is 0.0399. The number of morpholine rings is 1. The molecular formula is C18H24N2O2. The van der Waals surface area contributed by atoms with Crippen LogP contribution in [0.5, 0.6) is 0 Å². The summed E-state index contributed by atoms with van der Waals surface area (Å²) in [6.07, 6.45) is 7.01. The lowest BCUT2D eigenvalue weighted by Crippen LogP contribution is -2.51. The quantitative estimate of drug-likeness (QED) is 0.866. The van der Waals surface area contributed by atoms with Gasteiger partial charge >= 0.3 is 0 Å². The summed E-state index contributed by atoms with van der Waals surface area (Å²) in [5.74, 6) is 0.0399. The molecule has 4 heteroatoms. The first-order valence-corrected chi connectivity index (χ1v) is 8.14. The van der Waals surface area contributed by atoms with E-state index in [1.807, 2.05) is 6.07 Å². The molecule has 0 radical (unpaired) electrons. The number of rotatable bonds is 4. The molecule has 1 N–H and O–H groups in total. The summed E-state index contributed by atoms with van der Waals surface area (Å²) in [5.41, 5.74) is 1.28. The first-order valence-electron chi connectivity index (χ1n) is 8.14. The van der Waals surface area contributed by atoms with Gasteiger partial charge in [-0.1, -0.05) is 42.5 Å². The van der Waals surface area contributed by atoms with Gasteiger partial charge in [0.1, 0.15) is 6.10 Å². The van der Waals surface area contributed by atoms with E-state index in [1.165, 1.54) is 5.56 Å². The average molecular weight is 300 g/mol. The molecule has 2 atom stereocenters. The third-order valence-corrected chi connectivity index (χ3v) is 4.31. The van der Waals surface area contributed by atoms with E-state index >= 15 is 0 Å². The number of hydrogen-bond acceptors (Lipinski definition) is 3. The second-order valence-electron chi connectivity index (χ2n) is 6.07. The highest BCUT2D eigenvalue weighted by Gasteiger charge is 2.28. The molecule has 3 rings (SSSR count). The lowest BCUT2D eigenvalue weighted by molar-refractivity contribution is -0.139. The fourth-order valence-electron chi connectivity index (χ4n) is 3.07. The van der Waals surface area contributed by atoms with Gasteiger partial charge < -0.3 is 10.1 Å². The molecular weight excluding hydrogens is 276 g/mol. The molecule has 2 aliphatic rings. The van der Waals surface area contributed by atoms with Crippen LogP contribution in [0.2, 0.25) is 0 Å². The smallest absolute Gasteiger partial charge is 0.250 e. The summed E-state index contributed by atoms with van der Waals surface area (Å²) in [5, 5.41) is 3.13. The Kier molecular flexibility index (Phi) is 5.24. The van der Waals surface area contributed by atoms with Crippen LogP contribution >= 0.6 is 0 Å². The molecule has 1 aliphatic heterocycles. The Balaban J connectivity index is 1.51. The highest BCUT2D eigenvalue weighted by Crippen LogP contribution is 2.13. The van der Waals surface area contributed by atoms with E-state index in [2.05, 4.69) is 46.6 Å². The first kappa shape index (κ1) is 15.3. The van der Waals surface area contributed by atoms with E-state index in [0.29, 0.717) is 13.2 Å². The normalized spacial score (nSPS) is 25.8. The number of ether oxygens (including phenoxy) is 1. The Morgan fingerprint density at radius 1 is 1.27 bits per heavy atom. The minimum atomic E-state index is -0.344. The summed E-state index contributed by atoms with van der Waals surface area (Å²) in [7, 11) is 0. The molecule has 1 aromatic carbocycles. The van der Waals surface area contributed by atoms with E-state index in [0.717, 1.165) is 32.4 Å². The fraction of sp³-hybridized carbons (Fsp3) is 0.500.